The molecule has 0 aromatic heterocycles. The number of hydrogen-bond donors (Lipinski definition) is 0. The zero-order chi connectivity index (χ0) is 12.3. The van der Waals surface area contributed by atoms with Gasteiger partial charge in [-0.3, -0.25) is 0 Å². The molecular formula is C13H14N2OS. The molecule has 0 bridgehead atoms. The summed E-state index contributed by atoms with van der Waals surface area (Å²) in [5.41, 5.74) is 1.88. The van der Waals surface area contributed by atoms with Crippen molar-refractivity contribution in [3.63, 3.8) is 0 Å². The maximum Gasteiger partial charge on any atom is 0.148 e. The molecule has 3 nitrogen and oxygen atoms in total. The number of rotatable bonds is 3. The maximum atomic E-state index is 8.60. The second-order valence-corrected chi connectivity index (χ2v) is 5.33. The molecule has 4 heteroatoms. The fourth-order valence-electron chi connectivity index (χ4n) is 1.89. The van der Waals surface area contributed by atoms with Crippen molar-refractivity contribution in [2.24, 2.45) is 10.6 Å². The highest BCUT2D eigenvalue weighted by atomic mass is 32.2. The zero-order valence-corrected chi connectivity index (χ0v) is 10.7. The molecule has 1 atom stereocenters. The van der Waals surface area contributed by atoms with Crippen molar-refractivity contribution in [2.75, 3.05) is 5.75 Å². The van der Waals surface area contributed by atoms with Gasteiger partial charge >= 0.3 is 0 Å². The van der Waals surface area contributed by atoms with E-state index in [0.717, 1.165) is 11.3 Å². The first kappa shape index (κ1) is 12.0. The zero-order valence-electron chi connectivity index (χ0n) is 9.88. The van der Waals surface area contributed by atoms with Gasteiger partial charge in [0.25, 0.3) is 0 Å². The molecular weight excluding hydrogens is 232 g/mol. The summed E-state index contributed by atoms with van der Waals surface area (Å²) in [5, 5.41) is 14.9. The van der Waals surface area contributed by atoms with Crippen molar-refractivity contribution in [2.45, 2.75) is 20.0 Å². The number of thioether (sulfide) groups is 1. The van der Waals surface area contributed by atoms with Crippen molar-refractivity contribution in [3.05, 3.63) is 35.9 Å². The van der Waals surface area contributed by atoms with Crippen LogP contribution in [0.25, 0.3) is 0 Å². The molecule has 88 valence electrons. The maximum absolute atomic E-state index is 8.60. The molecule has 0 aliphatic carbocycles. The van der Waals surface area contributed by atoms with E-state index in [1.807, 2.05) is 30.3 Å². The van der Waals surface area contributed by atoms with E-state index in [9.17, 15) is 0 Å². The Hall–Kier alpha value is -1.47. The summed E-state index contributed by atoms with van der Waals surface area (Å²) in [6.45, 7) is 4.21. The Labute approximate surface area is 105 Å². The lowest BCUT2D eigenvalue weighted by Gasteiger charge is -2.24. The van der Waals surface area contributed by atoms with Crippen LogP contribution in [0.4, 0.5) is 0 Å². The Balaban J connectivity index is 2.20. The molecule has 0 radical (unpaired) electrons. The Bertz CT molecular complexity index is 462. The second-order valence-electron chi connectivity index (χ2n) is 4.52. The number of nitriles is 1. The van der Waals surface area contributed by atoms with E-state index >= 15 is 0 Å². The first-order chi connectivity index (χ1) is 8.16. The molecule has 1 aromatic carbocycles. The van der Waals surface area contributed by atoms with Gasteiger partial charge in [0.2, 0.25) is 0 Å². The minimum atomic E-state index is -0.162. The van der Waals surface area contributed by atoms with Crippen LogP contribution in [0.2, 0.25) is 0 Å². The molecule has 2 rings (SSSR count). The summed E-state index contributed by atoms with van der Waals surface area (Å²) in [5.74, 6) is 0.642. The van der Waals surface area contributed by atoms with Crippen LogP contribution >= 0.6 is 11.8 Å². The van der Waals surface area contributed by atoms with Crippen molar-refractivity contribution < 1.29 is 4.84 Å². The summed E-state index contributed by atoms with van der Waals surface area (Å²) >= 11 is 1.21. The third kappa shape index (κ3) is 2.29. The van der Waals surface area contributed by atoms with E-state index in [2.05, 4.69) is 24.4 Å². The molecule has 0 spiro atoms. The number of hydrogen-bond acceptors (Lipinski definition) is 4. The van der Waals surface area contributed by atoms with Crippen molar-refractivity contribution in [3.8, 4) is 5.40 Å². The van der Waals surface area contributed by atoms with Gasteiger partial charge in [0, 0.05) is 5.75 Å². The fraction of sp³-hybridized carbons (Fsp3) is 0.385. The first-order valence-electron chi connectivity index (χ1n) is 5.47. The van der Waals surface area contributed by atoms with Crippen LogP contribution in [0.1, 0.15) is 19.4 Å². The van der Waals surface area contributed by atoms with Crippen LogP contribution in [0.5, 0.6) is 0 Å². The van der Waals surface area contributed by atoms with Gasteiger partial charge in [-0.2, -0.15) is 5.26 Å². The number of nitrogens with zero attached hydrogens (tertiary/aromatic N) is 2. The minimum Gasteiger partial charge on any atom is -0.390 e. The summed E-state index contributed by atoms with van der Waals surface area (Å²) in [6.07, 6.45) is -0.0395. The molecule has 0 fully saturated rings. The van der Waals surface area contributed by atoms with Gasteiger partial charge in [0.1, 0.15) is 11.5 Å². The SMILES string of the molecule is CC1(C)C(c2ccccc2)=NOC1CSC#N. The predicted octanol–water partition coefficient (Wildman–Crippen LogP) is 3.03. The molecule has 0 amide bonds. The standard InChI is InChI=1S/C13H14N2OS/c1-13(2)11(8-17-9-14)16-15-12(13)10-6-4-3-5-7-10/h3-7,11H,8H2,1-2H3. The topological polar surface area (TPSA) is 45.4 Å². The lowest BCUT2D eigenvalue weighted by Crippen LogP contribution is -2.34. The largest absolute Gasteiger partial charge is 0.390 e. The molecule has 1 aromatic rings. The lowest BCUT2D eigenvalue weighted by molar-refractivity contribution is 0.0548. The van der Waals surface area contributed by atoms with Gasteiger partial charge in [-0.15, -0.1) is 0 Å². The van der Waals surface area contributed by atoms with Crippen molar-refractivity contribution in [1.82, 2.24) is 0 Å². The third-order valence-corrected chi connectivity index (χ3v) is 3.63. The van der Waals surface area contributed by atoms with Gasteiger partial charge in [-0.1, -0.05) is 49.3 Å². The quantitative estimate of drug-likeness (QED) is 0.770. The van der Waals surface area contributed by atoms with Gasteiger partial charge in [0.05, 0.1) is 11.1 Å². The van der Waals surface area contributed by atoms with E-state index in [1.165, 1.54) is 11.8 Å². The van der Waals surface area contributed by atoms with Crippen LogP contribution < -0.4 is 0 Å². The van der Waals surface area contributed by atoms with Crippen LogP contribution in [-0.2, 0) is 4.84 Å². The smallest absolute Gasteiger partial charge is 0.148 e. The predicted molar refractivity (Wildman–Crippen MR) is 69.7 cm³/mol. The van der Waals surface area contributed by atoms with Gasteiger partial charge in [-0.25, -0.2) is 0 Å². The summed E-state index contributed by atoms with van der Waals surface area (Å²) < 4.78 is 0. The highest BCUT2D eigenvalue weighted by Gasteiger charge is 2.42. The summed E-state index contributed by atoms with van der Waals surface area (Å²) in [4.78, 5) is 5.45. The normalized spacial score (nSPS) is 21.5. The van der Waals surface area contributed by atoms with E-state index in [1.54, 1.807) is 0 Å². The third-order valence-electron chi connectivity index (χ3n) is 3.03. The average Bonchev–Trinajstić information content (AvgIpc) is 2.63. The van der Waals surface area contributed by atoms with E-state index in [-0.39, 0.29) is 11.5 Å². The van der Waals surface area contributed by atoms with Gasteiger partial charge in [-0.05, 0) is 17.3 Å². The van der Waals surface area contributed by atoms with Crippen LogP contribution in [0.3, 0.4) is 0 Å². The van der Waals surface area contributed by atoms with E-state index in [0.29, 0.717) is 5.75 Å². The highest BCUT2D eigenvalue weighted by Crippen LogP contribution is 2.36. The average molecular weight is 246 g/mol. The molecule has 1 aliphatic rings. The monoisotopic (exact) mass is 246 g/mol. The fourth-order valence-corrected chi connectivity index (χ4v) is 2.59. The molecule has 1 aliphatic heterocycles. The van der Waals surface area contributed by atoms with Crippen LogP contribution in [-0.4, -0.2) is 17.6 Å². The van der Waals surface area contributed by atoms with Crippen molar-refractivity contribution in [1.29, 1.82) is 5.26 Å². The van der Waals surface area contributed by atoms with Crippen LogP contribution in [0.15, 0.2) is 35.5 Å². The Morgan fingerprint density at radius 1 is 1.41 bits per heavy atom. The molecule has 1 heterocycles. The summed E-state index contributed by atoms with van der Waals surface area (Å²) in [7, 11) is 0. The van der Waals surface area contributed by atoms with Gasteiger partial charge in [0.15, 0.2) is 0 Å². The number of oxime groups is 1. The first-order valence-corrected chi connectivity index (χ1v) is 6.45. The Morgan fingerprint density at radius 3 is 2.76 bits per heavy atom. The van der Waals surface area contributed by atoms with Crippen LogP contribution in [0, 0.1) is 16.1 Å². The van der Waals surface area contributed by atoms with Crippen molar-refractivity contribution >= 4 is 17.5 Å². The summed E-state index contributed by atoms with van der Waals surface area (Å²) in [6, 6.07) is 10.0. The van der Waals surface area contributed by atoms with E-state index in [4.69, 9.17) is 10.1 Å². The lowest BCUT2D eigenvalue weighted by atomic mass is 9.80. The minimum absolute atomic E-state index is 0.0395. The molecule has 0 saturated heterocycles. The van der Waals surface area contributed by atoms with E-state index < -0.39 is 0 Å². The molecule has 0 saturated carbocycles. The Kier molecular flexibility index (Phi) is 3.39. The highest BCUT2D eigenvalue weighted by molar-refractivity contribution is 8.03. The molecule has 0 N–H and O–H groups in total. The van der Waals surface area contributed by atoms with Gasteiger partial charge < -0.3 is 4.84 Å². The molecule has 1 unspecified atom stereocenters. The Morgan fingerprint density at radius 2 is 2.12 bits per heavy atom. The number of benzene rings is 1. The second kappa shape index (κ2) is 4.80. The molecule has 17 heavy (non-hydrogen) atoms. The number of thiocyanates is 1.